The summed E-state index contributed by atoms with van der Waals surface area (Å²) in [5.74, 6) is -0.371. The van der Waals surface area contributed by atoms with Crippen molar-refractivity contribution in [2.24, 2.45) is 0 Å². The van der Waals surface area contributed by atoms with E-state index in [0.717, 1.165) is 0 Å². The van der Waals surface area contributed by atoms with Gasteiger partial charge in [0.1, 0.15) is 17.5 Å². The highest BCUT2D eigenvalue weighted by molar-refractivity contribution is 5.84. The first-order valence-electron chi connectivity index (χ1n) is 8.13. The van der Waals surface area contributed by atoms with Crippen molar-refractivity contribution >= 4 is 11.9 Å². The van der Waals surface area contributed by atoms with Gasteiger partial charge >= 0.3 is 6.01 Å². The van der Waals surface area contributed by atoms with Crippen LogP contribution >= 0.6 is 0 Å². The fourth-order valence-electron chi connectivity index (χ4n) is 2.85. The maximum Gasteiger partial charge on any atom is 0.316 e. The Morgan fingerprint density at radius 1 is 1.40 bits per heavy atom. The third-order valence-electron chi connectivity index (χ3n) is 4.69. The van der Waals surface area contributed by atoms with Crippen LogP contribution in [0.2, 0.25) is 0 Å². The predicted molar refractivity (Wildman–Crippen MR) is 88.1 cm³/mol. The fourth-order valence-corrected chi connectivity index (χ4v) is 2.85. The molecule has 134 valence electrons. The molecule has 0 radical (unpaired) electrons. The number of nitrogens with zero attached hydrogens (tertiary/aromatic N) is 3. The first kappa shape index (κ1) is 17.3. The van der Waals surface area contributed by atoms with Gasteiger partial charge in [-0.05, 0) is 45.0 Å². The fraction of sp³-hybridized carbons (Fsp3) is 0.471. The molecule has 2 aromatic rings. The van der Waals surface area contributed by atoms with E-state index in [1.165, 1.54) is 36.1 Å². The Balaban J connectivity index is 1.66. The Morgan fingerprint density at radius 3 is 2.68 bits per heavy atom. The number of hydrogen-bond donors (Lipinski definition) is 1. The number of likely N-dealkylation sites (tertiary alicyclic amines) is 1. The van der Waals surface area contributed by atoms with Gasteiger partial charge in [0.25, 0.3) is 0 Å². The Labute approximate surface area is 144 Å². The highest BCUT2D eigenvalue weighted by Crippen LogP contribution is 2.32. The Kier molecular flexibility index (Phi) is 4.45. The van der Waals surface area contributed by atoms with Crippen molar-refractivity contribution in [2.45, 2.75) is 44.9 Å². The molecule has 3 atom stereocenters. The third-order valence-corrected chi connectivity index (χ3v) is 4.69. The predicted octanol–water partition coefficient (Wildman–Crippen LogP) is 3.03. The van der Waals surface area contributed by atoms with E-state index in [0.29, 0.717) is 18.5 Å². The zero-order valence-electron chi connectivity index (χ0n) is 14.3. The monoisotopic (exact) mass is 350 g/mol. The molecule has 2 heterocycles. The maximum atomic E-state index is 14.2. The van der Waals surface area contributed by atoms with Crippen LogP contribution in [0.25, 0.3) is 11.5 Å². The minimum atomic E-state index is -1.38. The molecule has 0 saturated carbocycles. The van der Waals surface area contributed by atoms with Crippen molar-refractivity contribution in [2.75, 3.05) is 11.9 Å². The lowest BCUT2D eigenvalue weighted by molar-refractivity contribution is -0.133. The van der Waals surface area contributed by atoms with E-state index in [1.54, 1.807) is 13.8 Å². The van der Waals surface area contributed by atoms with Gasteiger partial charge in [-0.25, -0.2) is 8.78 Å². The molecule has 3 rings (SSSR count). The second-order valence-electron chi connectivity index (χ2n) is 6.52. The number of hydrogen-bond acceptors (Lipinski definition) is 5. The molecule has 1 aliphatic heterocycles. The van der Waals surface area contributed by atoms with Crippen molar-refractivity contribution in [3.8, 4) is 11.5 Å². The number of halogens is 2. The molecule has 0 spiro atoms. The highest BCUT2D eigenvalue weighted by atomic mass is 19.1. The number of benzene rings is 1. The third kappa shape index (κ3) is 3.47. The van der Waals surface area contributed by atoms with Crippen LogP contribution in [-0.4, -0.2) is 45.3 Å². The van der Waals surface area contributed by atoms with Crippen LogP contribution in [0.4, 0.5) is 14.8 Å². The van der Waals surface area contributed by atoms with Gasteiger partial charge in [-0.1, -0.05) is 5.10 Å². The minimum Gasteiger partial charge on any atom is -0.403 e. The molecule has 0 aliphatic carbocycles. The minimum absolute atomic E-state index is 0.0787. The normalized spacial score (nSPS) is 24.4. The number of carbonyl (C=O) groups excluding carboxylic acids is 1. The average molecular weight is 350 g/mol. The molecule has 0 unspecified atom stereocenters. The summed E-state index contributed by atoms with van der Waals surface area (Å²) in [7, 11) is 0. The van der Waals surface area contributed by atoms with E-state index in [-0.39, 0.29) is 23.6 Å². The van der Waals surface area contributed by atoms with E-state index in [2.05, 4.69) is 15.5 Å². The molecule has 1 amide bonds. The lowest BCUT2D eigenvalue weighted by Gasteiger charge is -2.28. The zero-order chi connectivity index (χ0) is 18.2. The van der Waals surface area contributed by atoms with Crippen molar-refractivity contribution in [1.82, 2.24) is 15.1 Å². The van der Waals surface area contributed by atoms with Gasteiger partial charge in [0.2, 0.25) is 11.8 Å². The summed E-state index contributed by atoms with van der Waals surface area (Å²) in [5, 5.41) is 10.6. The van der Waals surface area contributed by atoms with Crippen LogP contribution in [0.5, 0.6) is 0 Å². The van der Waals surface area contributed by atoms with Gasteiger partial charge in [0.15, 0.2) is 0 Å². The average Bonchev–Trinajstić information content (AvgIpc) is 3.13. The van der Waals surface area contributed by atoms with E-state index in [4.69, 9.17) is 4.42 Å². The Morgan fingerprint density at radius 2 is 2.08 bits per heavy atom. The quantitative estimate of drug-likeness (QED) is 0.918. The van der Waals surface area contributed by atoms with Gasteiger partial charge in [-0.15, -0.1) is 5.10 Å². The smallest absolute Gasteiger partial charge is 0.316 e. The number of amides is 1. The summed E-state index contributed by atoms with van der Waals surface area (Å²) in [6.45, 7) is 5.25. The lowest BCUT2D eigenvalue weighted by atomic mass is 10.0. The second kappa shape index (κ2) is 6.42. The van der Waals surface area contributed by atoms with Crippen molar-refractivity contribution in [1.29, 1.82) is 0 Å². The van der Waals surface area contributed by atoms with E-state index in [1.807, 2.05) is 0 Å². The second-order valence-corrected chi connectivity index (χ2v) is 6.52. The van der Waals surface area contributed by atoms with Gasteiger partial charge < -0.3 is 14.6 Å². The van der Waals surface area contributed by atoms with Crippen molar-refractivity contribution in [3.05, 3.63) is 30.1 Å². The number of aromatic nitrogens is 2. The van der Waals surface area contributed by atoms with E-state index < -0.39 is 17.8 Å². The highest BCUT2D eigenvalue weighted by Gasteiger charge is 2.44. The molecule has 8 heteroatoms. The van der Waals surface area contributed by atoms with Gasteiger partial charge in [0.05, 0.1) is 6.04 Å². The van der Waals surface area contributed by atoms with Gasteiger partial charge in [0, 0.05) is 18.5 Å². The summed E-state index contributed by atoms with van der Waals surface area (Å²) < 4.78 is 32.7. The van der Waals surface area contributed by atoms with Crippen LogP contribution in [0.15, 0.2) is 28.7 Å². The molecule has 1 saturated heterocycles. The molecule has 1 aromatic carbocycles. The summed E-state index contributed by atoms with van der Waals surface area (Å²) in [5.41, 5.74) is -0.808. The SMILES string of the molecule is C[C@@H]1N(C(=O)[C@@H](C)Nc2nnc(-c3ccc(F)cc3)o2)CC[C@]1(C)F. The van der Waals surface area contributed by atoms with Crippen LogP contribution < -0.4 is 5.32 Å². The lowest BCUT2D eigenvalue weighted by Crippen LogP contribution is -2.46. The largest absolute Gasteiger partial charge is 0.403 e. The van der Waals surface area contributed by atoms with Crippen LogP contribution in [0.1, 0.15) is 27.2 Å². The molecule has 1 aromatic heterocycles. The Bertz CT molecular complexity index is 760. The molecule has 1 aliphatic rings. The van der Waals surface area contributed by atoms with Crippen LogP contribution in [-0.2, 0) is 4.79 Å². The van der Waals surface area contributed by atoms with E-state index >= 15 is 0 Å². The zero-order valence-corrected chi connectivity index (χ0v) is 14.3. The number of rotatable bonds is 4. The number of nitrogens with one attached hydrogen (secondary N) is 1. The summed E-state index contributed by atoms with van der Waals surface area (Å²) in [4.78, 5) is 14.1. The molecule has 0 bridgehead atoms. The molecule has 1 fully saturated rings. The molecule has 1 N–H and O–H groups in total. The van der Waals surface area contributed by atoms with Gasteiger partial charge in [-0.3, -0.25) is 4.79 Å². The molecular weight excluding hydrogens is 330 g/mol. The molecule has 25 heavy (non-hydrogen) atoms. The van der Waals surface area contributed by atoms with Crippen molar-refractivity contribution in [3.63, 3.8) is 0 Å². The van der Waals surface area contributed by atoms with E-state index in [9.17, 15) is 13.6 Å². The standard InChI is InChI=1S/C17H20F2N4O2/c1-10(15(24)23-9-8-17(3,19)11(23)2)20-16-22-21-14(25-16)12-4-6-13(18)7-5-12/h4-7,10-11H,8-9H2,1-3H3,(H,20,22)/t10-,11+,17+/m1/s1. The summed E-state index contributed by atoms with van der Waals surface area (Å²) >= 11 is 0. The first-order valence-corrected chi connectivity index (χ1v) is 8.13. The number of alkyl halides is 1. The molecule has 6 nitrogen and oxygen atoms in total. The maximum absolute atomic E-state index is 14.2. The van der Waals surface area contributed by atoms with Gasteiger partial charge in [-0.2, -0.15) is 0 Å². The number of carbonyl (C=O) groups is 1. The topological polar surface area (TPSA) is 71.3 Å². The molecular formula is C17H20F2N4O2. The number of anilines is 1. The summed E-state index contributed by atoms with van der Waals surface area (Å²) in [6.07, 6.45) is 0.321. The first-order chi connectivity index (χ1) is 11.8. The summed E-state index contributed by atoms with van der Waals surface area (Å²) in [6, 6.07) is 4.59. The van der Waals surface area contributed by atoms with Crippen molar-refractivity contribution < 1.29 is 18.0 Å². The van der Waals surface area contributed by atoms with Crippen LogP contribution in [0.3, 0.4) is 0 Å². The Hall–Kier alpha value is -2.51. The van der Waals surface area contributed by atoms with Crippen LogP contribution in [0, 0.1) is 5.82 Å².